The number of nitrogens with zero attached hydrogens (tertiary/aromatic N) is 4. The molecule has 8 heteroatoms. The van der Waals surface area contributed by atoms with Gasteiger partial charge in [-0.2, -0.15) is 10.1 Å². The van der Waals surface area contributed by atoms with Crippen LogP contribution in [0, 0.1) is 0 Å². The second-order valence-corrected chi connectivity index (χ2v) is 6.59. The number of aromatic nitrogens is 5. The van der Waals surface area contributed by atoms with E-state index in [1.54, 1.807) is 18.0 Å². The Labute approximate surface area is 155 Å². The van der Waals surface area contributed by atoms with Crippen molar-refractivity contribution < 1.29 is 4.74 Å². The third kappa shape index (κ3) is 3.11. The standard InChI is InChI=1S/C18H19ClN6O/c1-25-18(21-15-8-7-14-13(16(15)19)9-20-23-14)22-17(24-25)12-5-3-11(4-6-12)10-26-2/h3,5,7-9H,4,6,10H2,1-2H3,(H,20,23)(H,21,22,24). The van der Waals surface area contributed by atoms with Crippen LogP contribution in [0.15, 0.2) is 36.1 Å². The lowest BCUT2D eigenvalue weighted by molar-refractivity contribution is 0.223. The molecule has 0 unspecified atom stereocenters. The zero-order valence-corrected chi connectivity index (χ0v) is 15.3. The molecule has 0 radical (unpaired) electrons. The van der Waals surface area contributed by atoms with Gasteiger partial charge in [-0.25, -0.2) is 4.68 Å². The van der Waals surface area contributed by atoms with Gasteiger partial charge in [-0.15, -0.1) is 5.10 Å². The number of aromatic amines is 1. The van der Waals surface area contributed by atoms with Crippen LogP contribution < -0.4 is 5.32 Å². The molecule has 0 fully saturated rings. The van der Waals surface area contributed by atoms with Gasteiger partial charge in [0.15, 0.2) is 5.82 Å². The summed E-state index contributed by atoms with van der Waals surface area (Å²) in [4.78, 5) is 4.64. The number of ether oxygens (including phenoxy) is 1. The van der Waals surface area contributed by atoms with Gasteiger partial charge < -0.3 is 10.1 Å². The van der Waals surface area contributed by atoms with Crippen LogP contribution >= 0.6 is 11.6 Å². The molecule has 0 saturated carbocycles. The number of H-pyrrole nitrogens is 1. The average Bonchev–Trinajstić information content (AvgIpc) is 3.26. The van der Waals surface area contributed by atoms with Crippen LogP contribution in [0.1, 0.15) is 18.7 Å². The lowest BCUT2D eigenvalue weighted by Crippen LogP contribution is -2.01. The van der Waals surface area contributed by atoms with E-state index in [0.29, 0.717) is 17.6 Å². The molecule has 1 aliphatic carbocycles. The summed E-state index contributed by atoms with van der Waals surface area (Å²) in [5.74, 6) is 1.36. The fraction of sp³-hybridized carbons (Fsp3) is 0.278. The number of hydrogen-bond donors (Lipinski definition) is 2. The third-order valence-electron chi connectivity index (χ3n) is 4.42. The minimum Gasteiger partial charge on any atom is -0.380 e. The highest BCUT2D eigenvalue weighted by molar-refractivity contribution is 6.38. The van der Waals surface area contributed by atoms with Gasteiger partial charge in [0.25, 0.3) is 0 Å². The molecule has 2 heterocycles. The number of hydrogen-bond acceptors (Lipinski definition) is 5. The van der Waals surface area contributed by atoms with Gasteiger partial charge >= 0.3 is 0 Å². The van der Waals surface area contributed by atoms with E-state index in [2.05, 4.69) is 37.7 Å². The second-order valence-electron chi connectivity index (χ2n) is 6.22. The Morgan fingerprint density at radius 3 is 2.96 bits per heavy atom. The topological polar surface area (TPSA) is 80.6 Å². The lowest BCUT2D eigenvalue weighted by atomic mass is 9.98. The molecule has 26 heavy (non-hydrogen) atoms. The molecule has 2 N–H and O–H groups in total. The molecule has 3 aromatic rings. The number of fused-ring (bicyclic) bond motifs is 1. The van der Waals surface area contributed by atoms with Crippen LogP contribution in [0.25, 0.3) is 16.5 Å². The molecule has 1 aliphatic rings. The molecule has 0 saturated heterocycles. The molecule has 4 rings (SSSR count). The molecule has 0 aliphatic heterocycles. The van der Waals surface area contributed by atoms with Gasteiger partial charge in [0.2, 0.25) is 5.95 Å². The van der Waals surface area contributed by atoms with Crippen LogP contribution in [0.3, 0.4) is 0 Å². The average molecular weight is 371 g/mol. The Bertz CT molecular complexity index is 1020. The van der Waals surface area contributed by atoms with Gasteiger partial charge in [-0.05, 0) is 36.1 Å². The smallest absolute Gasteiger partial charge is 0.225 e. The van der Waals surface area contributed by atoms with Crippen LogP contribution in [-0.4, -0.2) is 38.7 Å². The number of aryl methyl sites for hydroxylation is 1. The zero-order chi connectivity index (χ0) is 18.1. The summed E-state index contributed by atoms with van der Waals surface area (Å²) in [6.45, 7) is 0.668. The predicted molar refractivity (Wildman–Crippen MR) is 103 cm³/mol. The van der Waals surface area contributed by atoms with Gasteiger partial charge in [-0.3, -0.25) is 5.10 Å². The molecule has 0 spiro atoms. The van der Waals surface area contributed by atoms with E-state index in [9.17, 15) is 0 Å². The lowest BCUT2D eigenvalue weighted by Gasteiger charge is -2.11. The number of benzene rings is 1. The largest absolute Gasteiger partial charge is 0.380 e. The Balaban J connectivity index is 1.60. The van der Waals surface area contributed by atoms with E-state index >= 15 is 0 Å². The number of nitrogens with one attached hydrogen (secondary N) is 2. The maximum atomic E-state index is 6.48. The molecule has 1 aromatic carbocycles. The van der Waals surface area contributed by atoms with Crippen molar-refractivity contribution >= 4 is 39.7 Å². The van der Waals surface area contributed by atoms with Crippen molar-refractivity contribution in [3.8, 4) is 0 Å². The number of methoxy groups -OCH3 is 1. The minimum atomic E-state index is 0.602. The quantitative estimate of drug-likeness (QED) is 0.713. The summed E-state index contributed by atoms with van der Waals surface area (Å²) in [5, 5.41) is 16.2. The normalized spacial score (nSPS) is 14.4. The fourth-order valence-electron chi connectivity index (χ4n) is 3.00. The molecule has 0 atom stereocenters. The Kier molecular flexibility index (Phi) is 4.48. The maximum absolute atomic E-state index is 6.48. The fourth-order valence-corrected chi connectivity index (χ4v) is 3.26. The van der Waals surface area contributed by atoms with Crippen LogP contribution in [0.5, 0.6) is 0 Å². The van der Waals surface area contributed by atoms with Crippen molar-refractivity contribution in [2.75, 3.05) is 19.0 Å². The third-order valence-corrected chi connectivity index (χ3v) is 4.83. The first-order valence-corrected chi connectivity index (χ1v) is 8.71. The van der Waals surface area contributed by atoms with E-state index < -0.39 is 0 Å². The van der Waals surface area contributed by atoms with Crippen LogP contribution in [0.2, 0.25) is 5.02 Å². The van der Waals surface area contributed by atoms with Crippen molar-refractivity contribution in [3.63, 3.8) is 0 Å². The number of halogens is 1. The number of rotatable bonds is 5. The van der Waals surface area contributed by atoms with Crippen molar-refractivity contribution in [2.45, 2.75) is 12.8 Å². The van der Waals surface area contributed by atoms with Gasteiger partial charge in [0.1, 0.15) is 0 Å². The van der Waals surface area contributed by atoms with Gasteiger partial charge in [-0.1, -0.05) is 23.8 Å². The molecular formula is C18H19ClN6O. The van der Waals surface area contributed by atoms with Crippen molar-refractivity contribution in [3.05, 3.63) is 46.9 Å². The summed E-state index contributed by atoms with van der Waals surface area (Å²) in [6.07, 6.45) is 7.74. The SMILES string of the molecule is COCC1=CC=C(c2nc(Nc3ccc4[nH]ncc4c3Cl)n(C)n2)CC1. The number of anilines is 2. The summed E-state index contributed by atoms with van der Waals surface area (Å²) < 4.78 is 6.91. The van der Waals surface area contributed by atoms with Gasteiger partial charge in [0.05, 0.1) is 29.0 Å². The van der Waals surface area contributed by atoms with E-state index in [1.165, 1.54) is 5.57 Å². The number of allylic oxidation sites excluding steroid dienone is 3. The first-order chi connectivity index (χ1) is 12.7. The first kappa shape index (κ1) is 16.8. The molecule has 0 amide bonds. The molecule has 0 bridgehead atoms. The van der Waals surface area contributed by atoms with E-state index in [-0.39, 0.29) is 0 Å². The minimum absolute atomic E-state index is 0.602. The maximum Gasteiger partial charge on any atom is 0.225 e. The van der Waals surface area contributed by atoms with Crippen LogP contribution in [0.4, 0.5) is 11.6 Å². The molecular weight excluding hydrogens is 352 g/mol. The van der Waals surface area contributed by atoms with Crippen molar-refractivity contribution in [2.24, 2.45) is 7.05 Å². The zero-order valence-electron chi connectivity index (χ0n) is 14.6. The first-order valence-electron chi connectivity index (χ1n) is 8.33. The Morgan fingerprint density at radius 1 is 1.31 bits per heavy atom. The van der Waals surface area contributed by atoms with E-state index in [4.69, 9.17) is 16.3 Å². The van der Waals surface area contributed by atoms with Crippen molar-refractivity contribution in [1.29, 1.82) is 0 Å². The van der Waals surface area contributed by atoms with E-state index in [0.717, 1.165) is 40.8 Å². The highest BCUT2D eigenvalue weighted by atomic mass is 35.5. The summed E-state index contributed by atoms with van der Waals surface area (Å²) >= 11 is 6.48. The molecule has 134 valence electrons. The second kappa shape index (κ2) is 6.93. The summed E-state index contributed by atoms with van der Waals surface area (Å²) in [6, 6.07) is 3.83. The predicted octanol–water partition coefficient (Wildman–Crippen LogP) is 3.84. The van der Waals surface area contributed by atoms with Crippen LogP contribution in [-0.2, 0) is 11.8 Å². The molecule has 7 nitrogen and oxygen atoms in total. The Morgan fingerprint density at radius 2 is 2.19 bits per heavy atom. The molecule has 2 aromatic heterocycles. The van der Waals surface area contributed by atoms with Gasteiger partial charge in [0, 0.05) is 19.5 Å². The van der Waals surface area contributed by atoms with Crippen molar-refractivity contribution in [1.82, 2.24) is 25.0 Å². The highest BCUT2D eigenvalue weighted by Gasteiger charge is 2.16. The Hall–Kier alpha value is -2.64. The summed E-state index contributed by atoms with van der Waals surface area (Å²) in [7, 11) is 3.57. The van der Waals surface area contributed by atoms with E-state index in [1.807, 2.05) is 19.2 Å². The monoisotopic (exact) mass is 370 g/mol. The highest BCUT2D eigenvalue weighted by Crippen LogP contribution is 2.32. The summed E-state index contributed by atoms with van der Waals surface area (Å²) in [5.41, 5.74) is 4.06.